The predicted octanol–water partition coefficient (Wildman–Crippen LogP) is 3.04. The van der Waals surface area contributed by atoms with Gasteiger partial charge < -0.3 is 10.4 Å². The first kappa shape index (κ1) is 17.3. The zero-order valence-corrected chi connectivity index (χ0v) is 14.8. The molecule has 1 unspecified atom stereocenters. The minimum Gasteiger partial charge on any atom is -0.384 e. The SMILES string of the molecule is CC(O)(CNc1ncnc2c1cnn2C(C)(C)C)c1cccc(F)c1. The van der Waals surface area contributed by atoms with Crippen LogP contribution in [0, 0.1) is 5.82 Å². The smallest absolute Gasteiger partial charge is 0.163 e. The molecule has 0 saturated heterocycles. The minimum atomic E-state index is -1.25. The Morgan fingerprint density at radius 1 is 1.20 bits per heavy atom. The van der Waals surface area contributed by atoms with Gasteiger partial charge in [-0.05, 0) is 45.4 Å². The van der Waals surface area contributed by atoms with Crippen LogP contribution in [-0.4, -0.2) is 31.4 Å². The molecule has 0 fully saturated rings. The summed E-state index contributed by atoms with van der Waals surface area (Å²) in [5.74, 6) is 0.200. The maximum Gasteiger partial charge on any atom is 0.163 e. The molecule has 1 atom stereocenters. The van der Waals surface area contributed by atoms with Crippen LogP contribution in [0.25, 0.3) is 11.0 Å². The van der Waals surface area contributed by atoms with Gasteiger partial charge in [-0.2, -0.15) is 5.10 Å². The van der Waals surface area contributed by atoms with Crippen LogP contribution in [0.1, 0.15) is 33.3 Å². The molecule has 1 aromatic carbocycles. The Labute approximate surface area is 145 Å². The van der Waals surface area contributed by atoms with Crippen molar-refractivity contribution in [2.75, 3.05) is 11.9 Å². The van der Waals surface area contributed by atoms with E-state index in [1.165, 1.54) is 18.5 Å². The molecule has 0 spiro atoms. The quantitative estimate of drug-likeness (QED) is 0.761. The second-order valence-electron chi connectivity index (χ2n) is 7.32. The molecular weight excluding hydrogens is 321 g/mol. The summed E-state index contributed by atoms with van der Waals surface area (Å²) < 4.78 is 15.3. The lowest BCUT2D eigenvalue weighted by atomic mass is 9.96. The van der Waals surface area contributed by atoms with Gasteiger partial charge in [-0.3, -0.25) is 0 Å². The molecule has 25 heavy (non-hydrogen) atoms. The molecule has 3 aromatic rings. The summed E-state index contributed by atoms with van der Waals surface area (Å²) >= 11 is 0. The van der Waals surface area contributed by atoms with Crippen molar-refractivity contribution in [2.45, 2.75) is 38.8 Å². The highest BCUT2D eigenvalue weighted by molar-refractivity contribution is 5.86. The topological polar surface area (TPSA) is 75.9 Å². The first-order chi connectivity index (χ1) is 11.7. The molecule has 0 aliphatic rings. The summed E-state index contributed by atoms with van der Waals surface area (Å²) in [5, 5.41) is 19.0. The summed E-state index contributed by atoms with van der Waals surface area (Å²) in [4.78, 5) is 8.58. The Kier molecular flexibility index (Phi) is 4.20. The molecule has 3 rings (SSSR count). The van der Waals surface area contributed by atoms with Crippen molar-refractivity contribution in [3.05, 3.63) is 48.2 Å². The van der Waals surface area contributed by atoms with E-state index in [0.29, 0.717) is 11.4 Å². The van der Waals surface area contributed by atoms with Crippen LogP contribution in [0.2, 0.25) is 0 Å². The van der Waals surface area contributed by atoms with E-state index in [0.717, 1.165) is 11.0 Å². The number of nitrogens with one attached hydrogen (secondary N) is 1. The van der Waals surface area contributed by atoms with Gasteiger partial charge in [-0.15, -0.1) is 0 Å². The Bertz CT molecular complexity index is 898. The Hall–Kier alpha value is -2.54. The number of fused-ring (bicyclic) bond motifs is 1. The molecule has 2 aromatic heterocycles. The Balaban J connectivity index is 1.87. The van der Waals surface area contributed by atoms with E-state index in [9.17, 15) is 9.50 Å². The van der Waals surface area contributed by atoms with E-state index in [4.69, 9.17) is 0 Å². The van der Waals surface area contributed by atoms with Crippen LogP contribution >= 0.6 is 0 Å². The molecule has 7 heteroatoms. The fourth-order valence-electron chi connectivity index (χ4n) is 2.66. The van der Waals surface area contributed by atoms with Gasteiger partial charge in [-0.25, -0.2) is 19.0 Å². The number of nitrogens with zero attached hydrogens (tertiary/aromatic N) is 4. The highest BCUT2D eigenvalue weighted by atomic mass is 19.1. The maximum absolute atomic E-state index is 13.4. The first-order valence-electron chi connectivity index (χ1n) is 8.10. The Morgan fingerprint density at radius 3 is 2.64 bits per heavy atom. The van der Waals surface area contributed by atoms with Crippen molar-refractivity contribution in [1.29, 1.82) is 0 Å². The predicted molar refractivity (Wildman–Crippen MR) is 94.8 cm³/mol. The first-order valence-corrected chi connectivity index (χ1v) is 8.10. The van der Waals surface area contributed by atoms with Crippen LogP contribution in [0.3, 0.4) is 0 Å². The lowest BCUT2D eigenvalue weighted by molar-refractivity contribution is 0.0711. The third-order valence-electron chi connectivity index (χ3n) is 4.05. The van der Waals surface area contributed by atoms with E-state index in [1.54, 1.807) is 25.3 Å². The average molecular weight is 343 g/mol. The van der Waals surface area contributed by atoms with Gasteiger partial charge in [0.25, 0.3) is 0 Å². The van der Waals surface area contributed by atoms with Crippen LogP contribution < -0.4 is 5.32 Å². The number of anilines is 1. The number of halogens is 1. The lowest BCUT2D eigenvalue weighted by Gasteiger charge is -2.24. The number of aromatic nitrogens is 4. The van der Waals surface area contributed by atoms with Crippen molar-refractivity contribution < 1.29 is 9.50 Å². The molecule has 0 aliphatic heterocycles. The second-order valence-corrected chi connectivity index (χ2v) is 7.32. The monoisotopic (exact) mass is 343 g/mol. The molecule has 6 nitrogen and oxygen atoms in total. The zero-order valence-electron chi connectivity index (χ0n) is 14.8. The summed E-state index contributed by atoms with van der Waals surface area (Å²) in [6.45, 7) is 7.94. The minimum absolute atomic E-state index is 0.170. The van der Waals surface area contributed by atoms with E-state index in [2.05, 4.69) is 20.4 Å². The number of hydrogen-bond acceptors (Lipinski definition) is 5. The number of rotatable bonds is 4. The Morgan fingerprint density at radius 2 is 1.96 bits per heavy atom. The summed E-state index contributed by atoms with van der Waals surface area (Å²) in [6, 6.07) is 5.95. The highest BCUT2D eigenvalue weighted by Crippen LogP contribution is 2.26. The number of hydrogen-bond donors (Lipinski definition) is 2. The van der Waals surface area contributed by atoms with Gasteiger partial charge >= 0.3 is 0 Å². The van der Waals surface area contributed by atoms with Gasteiger partial charge in [0, 0.05) is 6.54 Å². The van der Waals surface area contributed by atoms with Crippen LogP contribution in [0.5, 0.6) is 0 Å². The van der Waals surface area contributed by atoms with Gasteiger partial charge in [-0.1, -0.05) is 12.1 Å². The fourth-order valence-corrected chi connectivity index (χ4v) is 2.66. The zero-order chi connectivity index (χ0) is 18.2. The van der Waals surface area contributed by atoms with E-state index < -0.39 is 5.60 Å². The van der Waals surface area contributed by atoms with E-state index >= 15 is 0 Å². The summed E-state index contributed by atoms with van der Waals surface area (Å²) in [6.07, 6.45) is 3.17. The van der Waals surface area contributed by atoms with Crippen molar-refractivity contribution in [2.24, 2.45) is 0 Å². The molecular formula is C18H22FN5O. The third-order valence-corrected chi connectivity index (χ3v) is 4.05. The standard InChI is InChI=1S/C18H22FN5O/c1-17(2,3)24-16-14(9-23-24)15(21-11-22-16)20-10-18(4,25)12-6-5-7-13(19)8-12/h5-9,11,25H,10H2,1-4H3,(H,20,21,22). The second kappa shape index (κ2) is 6.07. The van der Waals surface area contributed by atoms with Crippen molar-refractivity contribution in [1.82, 2.24) is 19.7 Å². The normalized spacial score (nSPS) is 14.5. The summed E-state index contributed by atoms with van der Waals surface area (Å²) in [5.41, 5.74) is -0.245. The highest BCUT2D eigenvalue weighted by Gasteiger charge is 2.25. The van der Waals surface area contributed by atoms with Gasteiger partial charge in [0.2, 0.25) is 0 Å². The summed E-state index contributed by atoms with van der Waals surface area (Å²) in [7, 11) is 0. The van der Waals surface area contributed by atoms with Gasteiger partial charge in [0.05, 0.1) is 17.1 Å². The average Bonchev–Trinajstić information content (AvgIpc) is 2.97. The van der Waals surface area contributed by atoms with Crippen molar-refractivity contribution >= 4 is 16.9 Å². The van der Waals surface area contributed by atoms with Crippen LogP contribution in [0.15, 0.2) is 36.8 Å². The van der Waals surface area contributed by atoms with Gasteiger partial charge in [0.1, 0.15) is 23.6 Å². The lowest BCUT2D eigenvalue weighted by Crippen LogP contribution is -2.31. The van der Waals surface area contributed by atoms with Crippen LogP contribution in [0.4, 0.5) is 10.2 Å². The molecule has 0 bridgehead atoms. The molecule has 0 aliphatic carbocycles. The van der Waals surface area contributed by atoms with Gasteiger partial charge in [0.15, 0.2) is 5.65 Å². The number of aliphatic hydroxyl groups is 1. The molecule has 0 radical (unpaired) electrons. The van der Waals surface area contributed by atoms with Crippen LogP contribution in [-0.2, 0) is 11.1 Å². The fraction of sp³-hybridized carbons (Fsp3) is 0.389. The molecule has 0 amide bonds. The van der Waals surface area contributed by atoms with Crippen molar-refractivity contribution in [3.63, 3.8) is 0 Å². The molecule has 2 heterocycles. The van der Waals surface area contributed by atoms with E-state index in [1.807, 2.05) is 25.5 Å². The largest absolute Gasteiger partial charge is 0.384 e. The van der Waals surface area contributed by atoms with Crippen molar-refractivity contribution in [3.8, 4) is 0 Å². The molecule has 0 saturated carbocycles. The number of benzene rings is 1. The molecule has 2 N–H and O–H groups in total. The van der Waals surface area contributed by atoms with E-state index in [-0.39, 0.29) is 17.9 Å². The molecule has 132 valence electrons. The maximum atomic E-state index is 13.4. The third kappa shape index (κ3) is 3.46.